The van der Waals surface area contributed by atoms with Crippen molar-refractivity contribution >= 4 is 52.3 Å². The first kappa shape index (κ1) is 20.5. The first-order valence-corrected chi connectivity index (χ1v) is 10.2. The van der Waals surface area contributed by atoms with Crippen molar-refractivity contribution in [3.05, 3.63) is 57.6 Å². The highest BCUT2D eigenvalue weighted by molar-refractivity contribution is 6.42. The predicted molar refractivity (Wildman–Crippen MR) is 116 cm³/mol. The Morgan fingerprint density at radius 2 is 1.70 bits per heavy atom. The van der Waals surface area contributed by atoms with Crippen molar-refractivity contribution in [1.29, 1.82) is 0 Å². The number of piperazine rings is 1. The fourth-order valence-corrected chi connectivity index (χ4v) is 4.51. The van der Waals surface area contributed by atoms with E-state index in [9.17, 15) is 14.4 Å². The van der Waals surface area contributed by atoms with Gasteiger partial charge in [-0.1, -0.05) is 35.3 Å². The molecule has 2 atom stereocenters. The summed E-state index contributed by atoms with van der Waals surface area (Å²) in [5.74, 6) is -0.708. The zero-order valence-corrected chi connectivity index (χ0v) is 17.9. The van der Waals surface area contributed by atoms with Gasteiger partial charge in [0.25, 0.3) is 0 Å². The lowest BCUT2D eigenvalue weighted by Crippen LogP contribution is -2.64. The quantitative estimate of drug-likeness (QED) is 0.784. The molecule has 0 bridgehead atoms. The van der Waals surface area contributed by atoms with Crippen LogP contribution in [-0.4, -0.2) is 41.4 Å². The molecule has 30 heavy (non-hydrogen) atoms. The standard InChI is InChI=1S/C21H20Cl2N4O3/c1-11-21(30)25(9-13-3-5-14(6-4-13)20(24)29)10-19-26(11)17-7-15(22)16(23)8-18(17)27(19)12(2)28/h3-8,11,19H,9-10H2,1-2H3,(H2,24,29)/t11-,19-/m0/s1. The molecule has 0 spiro atoms. The van der Waals surface area contributed by atoms with Crippen LogP contribution in [0.1, 0.15) is 29.8 Å². The summed E-state index contributed by atoms with van der Waals surface area (Å²) in [5, 5.41) is 0.725. The number of carbonyl (C=O) groups excluding carboxylic acids is 3. The molecule has 7 nitrogen and oxygen atoms in total. The van der Waals surface area contributed by atoms with E-state index in [2.05, 4.69) is 0 Å². The topological polar surface area (TPSA) is 86.9 Å². The SMILES string of the molecule is CC(=O)N1c2cc(Cl)c(Cl)cc2N2[C@@H]1CN(Cc1ccc(C(N)=O)cc1)C(=O)[C@@H]2C. The van der Waals surface area contributed by atoms with Crippen LogP contribution in [0, 0.1) is 0 Å². The van der Waals surface area contributed by atoms with Gasteiger partial charge in [-0.3, -0.25) is 19.3 Å². The number of amides is 3. The van der Waals surface area contributed by atoms with Gasteiger partial charge in [-0.25, -0.2) is 0 Å². The Kier molecular flexibility index (Phi) is 5.11. The minimum Gasteiger partial charge on any atom is -0.366 e. The molecule has 0 aliphatic carbocycles. The van der Waals surface area contributed by atoms with Gasteiger partial charge in [0, 0.05) is 19.0 Å². The smallest absolute Gasteiger partial charge is 0.248 e. The van der Waals surface area contributed by atoms with Gasteiger partial charge in [0.05, 0.1) is 28.0 Å². The van der Waals surface area contributed by atoms with Crippen molar-refractivity contribution < 1.29 is 14.4 Å². The lowest BCUT2D eigenvalue weighted by Gasteiger charge is -2.44. The van der Waals surface area contributed by atoms with E-state index in [1.54, 1.807) is 46.2 Å². The highest BCUT2D eigenvalue weighted by Gasteiger charge is 2.48. The van der Waals surface area contributed by atoms with Crippen LogP contribution in [0.3, 0.4) is 0 Å². The second kappa shape index (κ2) is 7.49. The van der Waals surface area contributed by atoms with Crippen molar-refractivity contribution in [3.8, 4) is 0 Å². The van der Waals surface area contributed by atoms with Crippen molar-refractivity contribution in [2.45, 2.75) is 32.6 Å². The lowest BCUT2D eigenvalue weighted by molar-refractivity contribution is -0.136. The molecular weight excluding hydrogens is 427 g/mol. The minimum atomic E-state index is -0.502. The fourth-order valence-electron chi connectivity index (χ4n) is 4.19. The van der Waals surface area contributed by atoms with Crippen molar-refractivity contribution in [2.75, 3.05) is 16.3 Å². The van der Waals surface area contributed by atoms with Crippen molar-refractivity contribution in [2.24, 2.45) is 5.73 Å². The zero-order chi connectivity index (χ0) is 21.7. The molecule has 2 aliphatic heterocycles. The van der Waals surface area contributed by atoms with Crippen LogP contribution < -0.4 is 15.5 Å². The van der Waals surface area contributed by atoms with Gasteiger partial charge in [-0.05, 0) is 36.8 Å². The molecule has 2 aromatic carbocycles. The summed E-state index contributed by atoms with van der Waals surface area (Å²) in [6.45, 7) is 3.98. The van der Waals surface area contributed by atoms with Crippen molar-refractivity contribution in [1.82, 2.24) is 4.90 Å². The molecule has 1 fully saturated rings. The molecule has 9 heteroatoms. The van der Waals surface area contributed by atoms with Gasteiger partial charge in [-0.15, -0.1) is 0 Å². The molecule has 2 aliphatic rings. The molecule has 2 aromatic rings. The number of benzene rings is 2. The summed E-state index contributed by atoms with van der Waals surface area (Å²) in [7, 11) is 0. The Labute approximate surface area is 183 Å². The largest absolute Gasteiger partial charge is 0.366 e. The van der Waals surface area contributed by atoms with Gasteiger partial charge in [0.1, 0.15) is 12.2 Å². The Morgan fingerprint density at radius 3 is 2.27 bits per heavy atom. The molecule has 4 rings (SSSR count). The summed E-state index contributed by atoms with van der Waals surface area (Å²) >= 11 is 12.4. The highest BCUT2D eigenvalue weighted by Crippen LogP contribution is 2.46. The summed E-state index contributed by atoms with van der Waals surface area (Å²) in [5.41, 5.74) is 7.93. The van der Waals surface area contributed by atoms with E-state index in [0.29, 0.717) is 34.4 Å². The Bertz CT molecular complexity index is 1060. The maximum Gasteiger partial charge on any atom is 0.248 e. The molecule has 0 saturated carbocycles. The Morgan fingerprint density at radius 1 is 1.10 bits per heavy atom. The maximum atomic E-state index is 13.1. The molecule has 156 valence electrons. The van der Waals surface area contributed by atoms with Gasteiger partial charge < -0.3 is 15.5 Å². The van der Waals surface area contributed by atoms with Gasteiger partial charge in [-0.2, -0.15) is 0 Å². The molecule has 1 saturated heterocycles. The summed E-state index contributed by atoms with van der Waals surface area (Å²) in [4.78, 5) is 42.2. The number of hydrogen-bond acceptors (Lipinski definition) is 4. The van der Waals surface area contributed by atoms with Crippen LogP contribution in [0.4, 0.5) is 11.4 Å². The average Bonchev–Trinajstić information content (AvgIpc) is 2.99. The van der Waals surface area contributed by atoms with E-state index < -0.39 is 11.9 Å². The van der Waals surface area contributed by atoms with Crippen molar-refractivity contribution in [3.63, 3.8) is 0 Å². The van der Waals surface area contributed by atoms with Crippen LogP contribution in [0.5, 0.6) is 0 Å². The van der Waals surface area contributed by atoms with E-state index in [-0.39, 0.29) is 18.0 Å². The van der Waals surface area contributed by atoms with Gasteiger partial charge in [0.2, 0.25) is 17.7 Å². The molecule has 3 amide bonds. The van der Waals surface area contributed by atoms with E-state index in [1.165, 1.54) is 6.92 Å². The third-order valence-corrected chi connectivity index (χ3v) is 6.32. The average molecular weight is 447 g/mol. The number of hydrogen-bond donors (Lipinski definition) is 1. The van der Waals surface area contributed by atoms with E-state index >= 15 is 0 Å². The molecule has 2 heterocycles. The Hall–Kier alpha value is -2.77. The summed E-state index contributed by atoms with van der Waals surface area (Å²) < 4.78 is 0. The van der Waals surface area contributed by atoms with Crippen LogP contribution >= 0.6 is 23.2 Å². The Balaban J connectivity index is 1.66. The van der Waals surface area contributed by atoms with Gasteiger partial charge in [0.15, 0.2) is 0 Å². The highest BCUT2D eigenvalue weighted by atomic mass is 35.5. The van der Waals surface area contributed by atoms with Gasteiger partial charge >= 0.3 is 0 Å². The first-order chi connectivity index (χ1) is 14.2. The summed E-state index contributed by atoms with van der Waals surface area (Å²) in [6, 6.07) is 9.71. The third kappa shape index (κ3) is 3.28. The number of carbonyl (C=O) groups is 3. The maximum absolute atomic E-state index is 13.1. The molecule has 2 N–H and O–H groups in total. The number of nitrogens with two attached hydrogens (primary N) is 1. The fraction of sp³-hybridized carbons (Fsp3) is 0.286. The molecule has 0 aromatic heterocycles. The number of anilines is 2. The van der Waals surface area contributed by atoms with E-state index in [0.717, 1.165) is 11.3 Å². The van der Waals surface area contributed by atoms with Crippen LogP contribution in [0.2, 0.25) is 10.0 Å². The number of rotatable bonds is 3. The number of fused-ring (bicyclic) bond motifs is 3. The van der Waals surface area contributed by atoms with E-state index in [4.69, 9.17) is 28.9 Å². The number of halogens is 2. The van der Waals surface area contributed by atoms with Crippen LogP contribution in [0.25, 0.3) is 0 Å². The number of nitrogens with zero attached hydrogens (tertiary/aromatic N) is 3. The second-order valence-corrected chi connectivity index (χ2v) is 8.30. The molecule has 0 unspecified atom stereocenters. The monoisotopic (exact) mass is 446 g/mol. The molecular formula is C21H20Cl2N4O3. The molecule has 0 radical (unpaired) electrons. The minimum absolute atomic E-state index is 0.0624. The van der Waals surface area contributed by atoms with Crippen LogP contribution in [-0.2, 0) is 16.1 Å². The third-order valence-electron chi connectivity index (χ3n) is 5.60. The normalized spacial score (nSPS) is 20.3. The van der Waals surface area contributed by atoms with Crippen LogP contribution in [0.15, 0.2) is 36.4 Å². The predicted octanol–water partition coefficient (Wildman–Crippen LogP) is 3.02. The second-order valence-electron chi connectivity index (χ2n) is 7.49. The van der Waals surface area contributed by atoms with E-state index in [1.807, 2.05) is 11.8 Å². The lowest BCUT2D eigenvalue weighted by atomic mass is 10.1. The number of primary amides is 1. The first-order valence-electron chi connectivity index (χ1n) is 9.43. The zero-order valence-electron chi connectivity index (χ0n) is 16.4. The summed E-state index contributed by atoms with van der Waals surface area (Å²) in [6.07, 6.45) is -0.357.